The lowest BCUT2D eigenvalue weighted by atomic mass is 9.95. The van der Waals surface area contributed by atoms with Crippen LogP contribution in [0, 0.1) is 0 Å². The molecule has 3 heterocycles. The van der Waals surface area contributed by atoms with Crippen molar-refractivity contribution in [3.8, 4) is 11.3 Å². The van der Waals surface area contributed by atoms with Gasteiger partial charge >= 0.3 is 0 Å². The van der Waals surface area contributed by atoms with E-state index in [1.54, 1.807) is 7.11 Å². The average Bonchev–Trinajstić information content (AvgIpc) is 3.33. The van der Waals surface area contributed by atoms with Crippen LogP contribution in [0.4, 0.5) is 0 Å². The molecule has 1 aliphatic rings. The summed E-state index contributed by atoms with van der Waals surface area (Å²) in [7, 11) is 1.70. The second-order valence-electron chi connectivity index (χ2n) is 7.80. The molecular weight excluding hydrogens is 360 g/mol. The van der Waals surface area contributed by atoms with E-state index in [0.717, 1.165) is 56.2 Å². The number of fused-ring (bicyclic) bond motifs is 2. The fraction of sp³-hybridized carbons (Fsp3) is 0.250. The third kappa shape index (κ3) is 2.94. The van der Waals surface area contributed by atoms with Gasteiger partial charge < -0.3 is 9.72 Å². The van der Waals surface area contributed by atoms with Gasteiger partial charge in [-0.05, 0) is 62.1 Å². The van der Waals surface area contributed by atoms with E-state index < -0.39 is 0 Å². The molecule has 5 nitrogen and oxygen atoms in total. The van der Waals surface area contributed by atoms with E-state index in [4.69, 9.17) is 9.72 Å². The summed E-state index contributed by atoms with van der Waals surface area (Å²) in [4.78, 5) is 13.1. The van der Waals surface area contributed by atoms with Crippen molar-refractivity contribution >= 4 is 22.3 Å². The van der Waals surface area contributed by atoms with Gasteiger partial charge in [0.1, 0.15) is 17.2 Å². The van der Waals surface area contributed by atoms with E-state index in [2.05, 4.69) is 33.1 Å². The number of H-pyrrole nitrogens is 1. The largest absolute Gasteiger partial charge is 0.501 e. The minimum Gasteiger partial charge on any atom is -0.501 e. The Morgan fingerprint density at radius 1 is 1.24 bits per heavy atom. The van der Waals surface area contributed by atoms with E-state index in [1.165, 1.54) is 12.8 Å². The number of pyridine rings is 1. The van der Waals surface area contributed by atoms with Crippen LogP contribution >= 0.6 is 0 Å². The van der Waals surface area contributed by atoms with Crippen LogP contribution in [0.1, 0.15) is 44.0 Å². The molecule has 146 valence electrons. The van der Waals surface area contributed by atoms with Crippen molar-refractivity contribution in [2.75, 3.05) is 7.11 Å². The molecule has 5 rings (SSSR count). The Morgan fingerprint density at radius 3 is 2.79 bits per heavy atom. The number of imidazole rings is 2. The highest BCUT2D eigenvalue weighted by Crippen LogP contribution is 2.41. The summed E-state index contributed by atoms with van der Waals surface area (Å²) in [5, 5.41) is 0. The topological polar surface area (TPSA) is 55.2 Å². The van der Waals surface area contributed by atoms with E-state index in [-0.39, 0.29) is 0 Å². The van der Waals surface area contributed by atoms with Crippen molar-refractivity contribution in [2.24, 2.45) is 0 Å². The number of aromatic amines is 1. The first-order valence-electron chi connectivity index (χ1n) is 9.94. The molecule has 0 spiro atoms. The normalized spacial score (nSPS) is 15.0. The van der Waals surface area contributed by atoms with Gasteiger partial charge in [0.15, 0.2) is 0 Å². The Labute approximate surface area is 169 Å². The van der Waals surface area contributed by atoms with Gasteiger partial charge in [0.05, 0.1) is 30.0 Å². The van der Waals surface area contributed by atoms with Gasteiger partial charge in [-0.15, -0.1) is 0 Å². The summed E-state index contributed by atoms with van der Waals surface area (Å²) >= 11 is 0. The molecule has 0 atom stereocenters. The van der Waals surface area contributed by atoms with Crippen LogP contribution in [-0.4, -0.2) is 26.5 Å². The summed E-state index contributed by atoms with van der Waals surface area (Å²) in [5.74, 6) is 2.48. The fourth-order valence-corrected chi connectivity index (χ4v) is 4.01. The Kier molecular flexibility index (Phi) is 4.05. The van der Waals surface area contributed by atoms with E-state index in [1.807, 2.05) is 44.4 Å². The van der Waals surface area contributed by atoms with E-state index in [0.29, 0.717) is 5.92 Å². The Balaban J connectivity index is 1.82. The van der Waals surface area contributed by atoms with Gasteiger partial charge in [0.2, 0.25) is 0 Å². The third-order valence-electron chi connectivity index (χ3n) is 5.64. The number of nitrogens with one attached hydrogen (secondary N) is 1. The minimum absolute atomic E-state index is 0.553. The van der Waals surface area contributed by atoms with Gasteiger partial charge in [-0.2, -0.15) is 0 Å². The SMILES string of the molecule is C=C(C)/C(=C(/C)OC)c1cc(-c2cnc3ccccn23)c2nc(C3CC3)[nH]c2c1. The minimum atomic E-state index is 0.553. The zero-order chi connectivity index (χ0) is 20.1. The first-order chi connectivity index (χ1) is 14.1. The highest BCUT2D eigenvalue weighted by atomic mass is 16.5. The number of methoxy groups -OCH3 is 1. The lowest BCUT2D eigenvalue weighted by Crippen LogP contribution is -1.95. The van der Waals surface area contributed by atoms with Crippen LogP contribution in [0.15, 0.2) is 60.6 Å². The van der Waals surface area contributed by atoms with E-state index >= 15 is 0 Å². The molecule has 1 aliphatic carbocycles. The second kappa shape index (κ2) is 6.62. The van der Waals surface area contributed by atoms with Crippen molar-refractivity contribution in [1.82, 2.24) is 19.4 Å². The number of hydrogen-bond acceptors (Lipinski definition) is 3. The molecule has 0 radical (unpaired) electrons. The number of nitrogens with zero attached hydrogens (tertiary/aromatic N) is 3. The van der Waals surface area contributed by atoms with Crippen molar-refractivity contribution in [3.05, 3.63) is 72.0 Å². The first kappa shape index (κ1) is 17.7. The highest BCUT2D eigenvalue weighted by Gasteiger charge is 2.28. The Hall–Kier alpha value is -3.34. The highest BCUT2D eigenvalue weighted by molar-refractivity contribution is 5.96. The molecule has 4 aromatic rings. The molecule has 1 aromatic carbocycles. The van der Waals surface area contributed by atoms with Crippen LogP contribution in [0.3, 0.4) is 0 Å². The molecule has 0 amide bonds. The van der Waals surface area contributed by atoms with Gasteiger partial charge in [-0.3, -0.25) is 4.40 Å². The van der Waals surface area contributed by atoms with E-state index in [9.17, 15) is 0 Å². The molecule has 0 saturated heterocycles. The maximum absolute atomic E-state index is 5.57. The third-order valence-corrected chi connectivity index (χ3v) is 5.64. The molecule has 1 fully saturated rings. The number of hydrogen-bond donors (Lipinski definition) is 1. The molecule has 29 heavy (non-hydrogen) atoms. The molecule has 0 bridgehead atoms. The monoisotopic (exact) mass is 384 g/mol. The maximum Gasteiger partial charge on any atom is 0.137 e. The lowest BCUT2D eigenvalue weighted by molar-refractivity contribution is 0.296. The van der Waals surface area contributed by atoms with Gasteiger partial charge in [0.25, 0.3) is 0 Å². The summed E-state index contributed by atoms with van der Waals surface area (Å²) < 4.78 is 7.68. The smallest absolute Gasteiger partial charge is 0.137 e. The van der Waals surface area contributed by atoms with Crippen molar-refractivity contribution < 1.29 is 4.74 Å². The first-order valence-corrected chi connectivity index (χ1v) is 9.94. The predicted octanol–water partition coefficient (Wildman–Crippen LogP) is 5.71. The van der Waals surface area contributed by atoms with Gasteiger partial charge in [-0.25, -0.2) is 9.97 Å². The standard InChI is InChI=1S/C24H24N4O/c1-14(2)22(15(3)29-4)17-11-18(20-13-25-21-7-5-6-10-28(20)21)23-19(12-17)26-24(27-23)16-8-9-16/h5-7,10-13,16H,1,8-9H2,2-4H3,(H,26,27)/b22-15+. The summed E-state index contributed by atoms with van der Waals surface area (Å²) in [5.41, 5.74) is 8.07. The Bertz CT molecular complexity index is 1290. The molecule has 5 heteroatoms. The molecular formula is C24H24N4O. The van der Waals surface area contributed by atoms with Crippen LogP contribution in [0.25, 0.3) is 33.5 Å². The van der Waals surface area contributed by atoms with Crippen LogP contribution in [0.2, 0.25) is 0 Å². The quantitative estimate of drug-likeness (QED) is 0.354. The molecule has 3 aromatic heterocycles. The second-order valence-corrected chi connectivity index (χ2v) is 7.80. The summed E-state index contributed by atoms with van der Waals surface area (Å²) in [6.07, 6.45) is 6.38. The van der Waals surface area contributed by atoms with Crippen molar-refractivity contribution in [1.29, 1.82) is 0 Å². The zero-order valence-corrected chi connectivity index (χ0v) is 17.0. The lowest BCUT2D eigenvalue weighted by Gasteiger charge is -2.14. The number of benzene rings is 1. The number of aromatic nitrogens is 4. The molecule has 0 unspecified atom stereocenters. The van der Waals surface area contributed by atoms with Crippen LogP contribution in [0.5, 0.6) is 0 Å². The predicted molar refractivity (Wildman–Crippen MR) is 117 cm³/mol. The summed E-state index contributed by atoms with van der Waals surface area (Å²) in [6, 6.07) is 10.4. The van der Waals surface area contributed by atoms with Crippen molar-refractivity contribution in [3.63, 3.8) is 0 Å². The number of rotatable bonds is 5. The molecule has 1 N–H and O–H groups in total. The average molecular weight is 384 g/mol. The van der Waals surface area contributed by atoms with Crippen LogP contribution in [-0.2, 0) is 4.74 Å². The van der Waals surface area contributed by atoms with Crippen molar-refractivity contribution in [2.45, 2.75) is 32.6 Å². The van der Waals surface area contributed by atoms with Gasteiger partial charge in [-0.1, -0.05) is 12.6 Å². The fourth-order valence-electron chi connectivity index (χ4n) is 4.01. The number of ether oxygens (including phenoxy) is 1. The Morgan fingerprint density at radius 2 is 2.07 bits per heavy atom. The van der Waals surface area contributed by atoms with Gasteiger partial charge in [0, 0.05) is 23.3 Å². The summed E-state index contributed by atoms with van der Waals surface area (Å²) in [6.45, 7) is 8.17. The molecule has 1 saturated carbocycles. The zero-order valence-electron chi connectivity index (χ0n) is 17.0. The van der Waals surface area contributed by atoms with Crippen LogP contribution < -0.4 is 0 Å². The maximum atomic E-state index is 5.57. The molecule has 0 aliphatic heterocycles. The number of allylic oxidation sites excluding steroid dienone is 3.